The van der Waals surface area contributed by atoms with Gasteiger partial charge in [0.1, 0.15) is 6.04 Å². The van der Waals surface area contributed by atoms with E-state index in [1.165, 1.54) is 0 Å². The van der Waals surface area contributed by atoms with Crippen molar-refractivity contribution in [3.05, 3.63) is 156 Å². The first-order valence-electron chi connectivity index (χ1n) is 15.4. The van der Waals surface area contributed by atoms with Gasteiger partial charge in [-0.3, -0.25) is 4.79 Å². The van der Waals surface area contributed by atoms with Gasteiger partial charge in [0.05, 0.1) is 12.1 Å². The summed E-state index contributed by atoms with van der Waals surface area (Å²) in [7, 11) is 0. The van der Waals surface area contributed by atoms with Gasteiger partial charge in [-0.2, -0.15) is 0 Å². The number of hydrogen-bond acceptors (Lipinski definition) is 4. The quantitative estimate of drug-likeness (QED) is 0.124. The van der Waals surface area contributed by atoms with Crippen LogP contribution < -0.4 is 0 Å². The molecule has 0 saturated carbocycles. The first-order chi connectivity index (χ1) is 21.9. The molecule has 6 nitrogen and oxygen atoms in total. The molecule has 0 bridgehead atoms. The third kappa shape index (κ3) is 6.09. The van der Waals surface area contributed by atoms with Crippen molar-refractivity contribution in [2.45, 2.75) is 44.5 Å². The number of carbonyl (C=O) groups is 3. The van der Waals surface area contributed by atoms with Crippen LogP contribution in [0.25, 0.3) is 10.8 Å². The lowest BCUT2D eigenvalue weighted by Gasteiger charge is -2.33. The second kappa shape index (κ2) is 13.2. The third-order valence-electron chi connectivity index (χ3n) is 8.33. The summed E-state index contributed by atoms with van der Waals surface area (Å²) in [5.41, 5.74) is 3.17. The highest BCUT2D eigenvalue weighted by Crippen LogP contribution is 2.39. The number of nitrogens with zero attached hydrogens (tertiary/aromatic N) is 2. The van der Waals surface area contributed by atoms with E-state index in [1.54, 1.807) is 47.9 Å². The van der Waals surface area contributed by atoms with Crippen LogP contribution >= 0.6 is 0 Å². The number of benzene rings is 5. The fourth-order valence-corrected chi connectivity index (χ4v) is 6.35. The van der Waals surface area contributed by atoms with Crippen LogP contribution in [-0.2, 0) is 16.0 Å². The average Bonchev–Trinajstić information content (AvgIpc) is 3.36. The first-order valence-corrected chi connectivity index (χ1v) is 15.4. The zero-order valence-corrected chi connectivity index (χ0v) is 25.5. The summed E-state index contributed by atoms with van der Waals surface area (Å²) in [6, 6.07) is 39.2. The Hall–Kier alpha value is -5.23. The molecule has 2 amide bonds. The molecule has 1 aliphatic heterocycles. The summed E-state index contributed by atoms with van der Waals surface area (Å²) in [5.74, 6) is -0.896. The van der Waals surface area contributed by atoms with Gasteiger partial charge in [-0.15, -0.1) is 0 Å². The molecular formula is C39H36N2O4. The largest absolute Gasteiger partial charge is 0.461 e. The number of hydrogen-bond donors (Lipinski definition) is 0. The molecule has 1 aliphatic rings. The predicted molar refractivity (Wildman–Crippen MR) is 176 cm³/mol. The molecule has 0 radical (unpaired) electrons. The van der Waals surface area contributed by atoms with Gasteiger partial charge in [0, 0.05) is 12.1 Å². The molecule has 0 aromatic heterocycles. The van der Waals surface area contributed by atoms with Gasteiger partial charge in [-0.25, -0.2) is 9.59 Å². The van der Waals surface area contributed by atoms with E-state index < -0.39 is 30.2 Å². The van der Waals surface area contributed by atoms with E-state index in [1.807, 2.05) is 91.0 Å². The molecule has 2 unspecified atom stereocenters. The summed E-state index contributed by atoms with van der Waals surface area (Å²) < 4.78 is 5.78. The summed E-state index contributed by atoms with van der Waals surface area (Å²) in [4.78, 5) is 46.5. The van der Waals surface area contributed by atoms with Crippen LogP contribution in [-0.4, -0.2) is 52.3 Å². The lowest BCUT2D eigenvalue weighted by molar-refractivity contribution is -0.152. The molecule has 1 saturated heterocycles. The van der Waals surface area contributed by atoms with E-state index in [-0.39, 0.29) is 18.4 Å². The van der Waals surface area contributed by atoms with Gasteiger partial charge in [0.15, 0.2) is 11.8 Å². The lowest BCUT2D eigenvalue weighted by atomic mass is 9.92. The minimum Gasteiger partial charge on any atom is -0.461 e. The van der Waals surface area contributed by atoms with Gasteiger partial charge in [-0.1, -0.05) is 133 Å². The number of esters is 1. The highest BCUT2D eigenvalue weighted by Gasteiger charge is 2.56. The van der Waals surface area contributed by atoms with Crippen molar-refractivity contribution in [2.24, 2.45) is 0 Å². The van der Waals surface area contributed by atoms with Crippen LogP contribution in [0.4, 0.5) is 4.79 Å². The van der Waals surface area contributed by atoms with E-state index >= 15 is 0 Å². The van der Waals surface area contributed by atoms with Crippen LogP contribution in [0.5, 0.6) is 0 Å². The maximum atomic E-state index is 14.8. The Balaban J connectivity index is 1.49. The van der Waals surface area contributed by atoms with Crippen LogP contribution in [0, 0.1) is 0 Å². The number of urea groups is 1. The molecule has 5 aromatic carbocycles. The summed E-state index contributed by atoms with van der Waals surface area (Å²) in [6.45, 7) is 3.78. The number of Topliss-reactive ketones (excluding diaryl/α,β-unsaturated/α-hetero) is 1. The molecule has 5 aromatic rings. The van der Waals surface area contributed by atoms with Crippen LogP contribution in [0.15, 0.2) is 133 Å². The number of ketones is 1. The number of carbonyl (C=O) groups excluding carboxylic acids is 3. The fraction of sp³-hybridized carbons (Fsp3) is 0.205. The Morgan fingerprint density at radius 1 is 0.689 bits per heavy atom. The topological polar surface area (TPSA) is 66.9 Å². The van der Waals surface area contributed by atoms with Gasteiger partial charge < -0.3 is 14.5 Å². The maximum Gasteiger partial charge on any atom is 0.331 e. The molecule has 2 atom stereocenters. The molecule has 1 heterocycles. The third-order valence-corrected chi connectivity index (χ3v) is 8.33. The van der Waals surface area contributed by atoms with Gasteiger partial charge in [0.2, 0.25) is 0 Å². The van der Waals surface area contributed by atoms with Crippen molar-refractivity contribution in [2.75, 3.05) is 6.54 Å². The lowest BCUT2D eigenvalue weighted by Crippen LogP contribution is -2.50. The van der Waals surface area contributed by atoms with Gasteiger partial charge in [-0.05, 0) is 47.7 Å². The summed E-state index contributed by atoms with van der Waals surface area (Å²) in [5, 5.41) is 2.19. The number of rotatable bonds is 10. The zero-order valence-electron chi connectivity index (χ0n) is 25.5. The van der Waals surface area contributed by atoms with Crippen molar-refractivity contribution < 1.29 is 19.1 Å². The normalized spacial score (nSPS) is 16.5. The average molecular weight is 597 g/mol. The number of fused-ring (bicyclic) bond motifs is 1. The SMILES string of the molecule is CC(C)OC(=O)C1C(C(=O)c2ccccc2)N(C(c2ccccc2)c2ccccc2)C(=O)N1CCc1cccc2ccccc12. The van der Waals surface area contributed by atoms with Gasteiger partial charge >= 0.3 is 12.0 Å². The van der Waals surface area contributed by atoms with E-state index in [2.05, 4.69) is 18.2 Å². The smallest absolute Gasteiger partial charge is 0.331 e. The van der Waals surface area contributed by atoms with Crippen molar-refractivity contribution in [1.82, 2.24) is 9.80 Å². The molecule has 0 aliphatic carbocycles. The zero-order chi connectivity index (χ0) is 31.3. The predicted octanol–water partition coefficient (Wildman–Crippen LogP) is 7.48. The Morgan fingerprint density at radius 2 is 1.24 bits per heavy atom. The van der Waals surface area contributed by atoms with E-state index in [4.69, 9.17) is 4.74 Å². The van der Waals surface area contributed by atoms with E-state index in [0.717, 1.165) is 27.5 Å². The Bertz CT molecular complexity index is 1750. The van der Waals surface area contributed by atoms with Crippen LogP contribution in [0.2, 0.25) is 0 Å². The molecule has 6 heteroatoms. The molecule has 45 heavy (non-hydrogen) atoms. The molecule has 1 fully saturated rings. The Morgan fingerprint density at radius 3 is 1.87 bits per heavy atom. The fourth-order valence-electron chi connectivity index (χ4n) is 6.35. The monoisotopic (exact) mass is 596 g/mol. The molecule has 0 N–H and O–H groups in total. The molecule has 6 rings (SSSR count). The standard InChI is InChI=1S/C39H36N2O4/c1-27(2)45-38(43)36-35(37(42)32-20-10-5-11-21-32)41(34(30-16-6-3-7-17-30)31-18-8-4-9-19-31)39(44)40(36)26-25-29-23-14-22-28-15-12-13-24-33(28)29/h3-24,27,34-36H,25-26H2,1-2H3. The van der Waals surface area contributed by atoms with Crippen molar-refractivity contribution in [3.63, 3.8) is 0 Å². The highest BCUT2D eigenvalue weighted by atomic mass is 16.5. The number of amides is 2. The van der Waals surface area contributed by atoms with Crippen molar-refractivity contribution in [3.8, 4) is 0 Å². The van der Waals surface area contributed by atoms with Crippen molar-refractivity contribution in [1.29, 1.82) is 0 Å². The summed E-state index contributed by atoms with van der Waals surface area (Å²) in [6.07, 6.45) is 0.0769. The Labute approximate surface area is 263 Å². The maximum absolute atomic E-state index is 14.8. The molecular weight excluding hydrogens is 560 g/mol. The van der Waals surface area contributed by atoms with Crippen LogP contribution in [0.3, 0.4) is 0 Å². The van der Waals surface area contributed by atoms with Gasteiger partial charge in [0.25, 0.3) is 0 Å². The number of ether oxygens (including phenoxy) is 1. The molecule has 0 spiro atoms. The van der Waals surface area contributed by atoms with Crippen molar-refractivity contribution >= 4 is 28.6 Å². The van der Waals surface area contributed by atoms with E-state index in [0.29, 0.717) is 12.0 Å². The second-order valence-corrected chi connectivity index (χ2v) is 11.6. The first kappa shape index (κ1) is 29.8. The summed E-state index contributed by atoms with van der Waals surface area (Å²) >= 11 is 0. The highest BCUT2D eigenvalue weighted by molar-refractivity contribution is 6.08. The minimum absolute atomic E-state index is 0.232. The minimum atomic E-state index is -1.14. The van der Waals surface area contributed by atoms with Crippen LogP contribution in [0.1, 0.15) is 46.9 Å². The molecule has 226 valence electrons. The van der Waals surface area contributed by atoms with E-state index in [9.17, 15) is 14.4 Å². The second-order valence-electron chi connectivity index (χ2n) is 11.6. The Kier molecular flexibility index (Phi) is 8.74.